The summed E-state index contributed by atoms with van der Waals surface area (Å²) in [5.41, 5.74) is 2.23. The second-order valence-electron chi connectivity index (χ2n) is 4.16. The molecule has 17 heavy (non-hydrogen) atoms. The number of rotatable bonds is 6. The fraction of sp³-hybridized carbons (Fsp3) is 0.462. The van der Waals surface area contributed by atoms with E-state index in [2.05, 4.69) is 12.2 Å². The molecule has 0 bridgehead atoms. The van der Waals surface area contributed by atoms with Crippen molar-refractivity contribution in [3.63, 3.8) is 0 Å². The molecule has 4 nitrogen and oxygen atoms in total. The number of benzene rings is 1. The first kappa shape index (κ1) is 13.5. The van der Waals surface area contributed by atoms with Crippen molar-refractivity contribution in [1.82, 2.24) is 0 Å². The molecule has 0 spiro atoms. The van der Waals surface area contributed by atoms with E-state index in [9.17, 15) is 4.79 Å². The first-order valence-corrected chi connectivity index (χ1v) is 5.64. The fourth-order valence-electron chi connectivity index (χ4n) is 1.59. The van der Waals surface area contributed by atoms with Crippen LogP contribution >= 0.6 is 0 Å². The van der Waals surface area contributed by atoms with Gasteiger partial charge in [0.25, 0.3) is 0 Å². The number of hydrogen-bond donors (Lipinski definition) is 2. The first-order chi connectivity index (χ1) is 8.04. The Balaban J connectivity index is 2.69. The number of methoxy groups -OCH3 is 1. The Morgan fingerprint density at radius 1 is 1.53 bits per heavy atom. The highest BCUT2D eigenvalue weighted by Gasteiger charge is 2.07. The van der Waals surface area contributed by atoms with Gasteiger partial charge in [-0.2, -0.15) is 0 Å². The summed E-state index contributed by atoms with van der Waals surface area (Å²) in [4.78, 5) is 10.8. The predicted molar refractivity (Wildman–Crippen MR) is 67.7 cm³/mol. The summed E-state index contributed by atoms with van der Waals surface area (Å²) in [5.74, 6) is -0.896. The zero-order valence-electron chi connectivity index (χ0n) is 10.5. The third kappa shape index (κ3) is 4.07. The SMILES string of the molecule is COCCC(C)Nc1ccc(C(=O)O)cc1C. The Hall–Kier alpha value is -1.55. The van der Waals surface area contributed by atoms with Crippen LogP contribution in [0.25, 0.3) is 0 Å². The molecule has 0 heterocycles. The Bertz CT molecular complexity index is 390. The fourth-order valence-corrected chi connectivity index (χ4v) is 1.59. The molecule has 1 aromatic rings. The van der Waals surface area contributed by atoms with E-state index in [0.717, 1.165) is 17.7 Å². The van der Waals surface area contributed by atoms with Crippen LogP contribution in [0, 0.1) is 6.92 Å². The van der Waals surface area contributed by atoms with Gasteiger partial charge in [0.05, 0.1) is 5.56 Å². The van der Waals surface area contributed by atoms with Crippen LogP contribution in [0.3, 0.4) is 0 Å². The van der Waals surface area contributed by atoms with Crippen molar-refractivity contribution in [1.29, 1.82) is 0 Å². The van der Waals surface area contributed by atoms with Crippen molar-refractivity contribution in [2.24, 2.45) is 0 Å². The van der Waals surface area contributed by atoms with E-state index >= 15 is 0 Å². The highest BCUT2D eigenvalue weighted by Crippen LogP contribution is 2.18. The van der Waals surface area contributed by atoms with Gasteiger partial charge in [0.2, 0.25) is 0 Å². The third-order valence-corrected chi connectivity index (χ3v) is 2.63. The Morgan fingerprint density at radius 3 is 2.76 bits per heavy atom. The van der Waals surface area contributed by atoms with E-state index in [4.69, 9.17) is 9.84 Å². The van der Waals surface area contributed by atoms with Crippen LogP contribution in [0.5, 0.6) is 0 Å². The molecule has 1 rings (SSSR count). The van der Waals surface area contributed by atoms with E-state index in [0.29, 0.717) is 18.2 Å². The van der Waals surface area contributed by atoms with E-state index in [-0.39, 0.29) is 0 Å². The van der Waals surface area contributed by atoms with Crippen molar-refractivity contribution in [2.75, 3.05) is 19.0 Å². The zero-order valence-corrected chi connectivity index (χ0v) is 10.5. The van der Waals surface area contributed by atoms with Crippen molar-refractivity contribution in [3.05, 3.63) is 29.3 Å². The zero-order chi connectivity index (χ0) is 12.8. The third-order valence-electron chi connectivity index (χ3n) is 2.63. The molecule has 0 aliphatic rings. The van der Waals surface area contributed by atoms with Crippen molar-refractivity contribution >= 4 is 11.7 Å². The van der Waals surface area contributed by atoms with Crippen LogP contribution in [0.4, 0.5) is 5.69 Å². The van der Waals surface area contributed by atoms with Gasteiger partial charge in [0.1, 0.15) is 0 Å². The molecule has 2 N–H and O–H groups in total. The molecule has 1 atom stereocenters. The van der Waals surface area contributed by atoms with Gasteiger partial charge in [-0.05, 0) is 44.0 Å². The normalized spacial score (nSPS) is 12.2. The lowest BCUT2D eigenvalue weighted by atomic mass is 10.1. The van der Waals surface area contributed by atoms with Crippen molar-refractivity contribution in [2.45, 2.75) is 26.3 Å². The van der Waals surface area contributed by atoms with E-state index in [1.54, 1.807) is 19.2 Å². The number of ether oxygens (including phenoxy) is 1. The standard InChI is InChI=1S/C13H19NO3/c1-9-8-11(13(15)16)4-5-12(9)14-10(2)6-7-17-3/h4-5,8,10,14H,6-7H2,1-3H3,(H,15,16). The highest BCUT2D eigenvalue weighted by molar-refractivity contribution is 5.88. The average Bonchev–Trinajstić information content (AvgIpc) is 2.28. The van der Waals surface area contributed by atoms with Gasteiger partial charge in [-0.25, -0.2) is 4.79 Å². The molecule has 0 aliphatic heterocycles. The number of hydrogen-bond acceptors (Lipinski definition) is 3. The second-order valence-corrected chi connectivity index (χ2v) is 4.16. The second kappa shape index (κ2) is 6.25. The summed E-state index contributed by atoms with van der Waals surface area (Å²) in [6, 6.07) is 5.39. The van der Waals surface area contributed by atoms with Crippen molar-refractivity contribution in [3.8, 4) is 0 Å². The lowest BCUT2D eigenvalue weighted by Gasteiger charge is -2.16. The minimum atomic E-state index is -0.896. The van der Waals surface area contributed by atoms with Crippen LogP contribution in [0.15, 0.2) is 18.2 Å². The largest absolute Gasteiger partial charge is 0.478 e. The summed E-state index contributed by atoms with van der Waals surface area (Å²) in [7, 11) is 1.68. The molecule has 0 aromatic heterocycles. The minimum absolute atomic E-state index is 0.296. The number of aromatic carboxylic acids is 1. The van der Waals surface area contributed by atoms with Gasteiger partial charge in [0, 0.05) is 25.4 Å². The molecule has 0 aliphatic carbocycles. The maximum atomic E-state index is 10.8. The van der Waals surface area contributed by atoms with Gasteiger partial charge >= 0.3 is 5.97 Å². The highest BCUT2D eigenvalue weighted by atomic mass is 16.5. The lowest BCUT2D eigenvalue weighted by Crippen LogP contribution is -2.18. The van der Waals surface area contributed by atoms with Gasteiger partial charge < -0.3 is 15.2 Å². The van der Waals surface area contributed by atoms with Crippen LogP contribution in [0.1, 0.15) is 29.3 Å². The summed E-state index contributed by atoms with van der Waals surface area (Å²) in [6.07, 6.45) is 0.913. The van der Waals surface area contributed by atoms with Crippen LogP contribution in [-0.4, -0.2) is 30.8 Å². The number of nitrogens with one attached hydrogen (secondary N) is 1. The van der Waals surface area contributed by atoms with E-state index in [1.165, 1.54) is 0 Å². The monoisotopic (exact) mass is 237 g/mol. The number of anilines is 1. The molecule has 1 unspecified atom stereocenters. The quantitative estimate of drug-likeness (QED) is 0.798. The summed E-state index contributed by atoms with van der Waals surface area (Å²) >= 11 is 0. The molecule has 0 amide bonds. The number of aryl methyl sites for hydroxylation is 1. The number of carboxylic acids is 1. The van der Waals surface area contributed by atoms with Crippen LogP contribution < -0.4 is 5.32 Å². The molecule has 0 saturated carbocycles. The molecule has 94 valence electrons. The Morgan fingerprint density at radius 2 is 2.24 bits per heavy atom. The molecule has 4 heteroatoms. The molecular formula is C13H19NO3. The smallest absolute Gasteiger partial charge is 0.335 e. The van der Waals surface area contributed by atoms with Crippen molar-refractivity contribution < 1.29 is 14.6 Å². The molecule has 0 radical (unpaired) electrons. The molecular weight excluding hydrogens is 218 g/mol. The first-order valence-electron chi connectivity index (χ1n) is 5.64. The molecule has 1 aromatic carbocycles. The topological polar surface area (TPSA) is 58.6 Å². The maximum absolute atomic E-state index is 10.8. The van der Waals surface area contributed by atoms with Crippen LogP contribution in [0.2, 0.25) is 0 Å². The molecule has 0 fully saturated rings. The Labute approximate surface area is 102 Å². The summed E-state index contributed by atoms with van der Waals surface area (Å²) < 4.78 is 5.01. The number of carboxylic acid groups (broad SMARTS) is 1. The lowest BCUT2D eigenvalue weighted by molar-refractivity contribution is 0.0697. The van der Waals surface area contributed by atoms with Gasteiger partial charge in [-0.15, -0.1) is 0 Å². The van der Waals surface area contributed by atoms with E-state index < -0.39 is 5.97 Å². The van der Waals surface area contributed by atoms with Gasteiger partial charge in [-0.1, -0.05) is 0 Å². The Kier molecular flexibility index (Phi) is 4.97. The summed E-state index contributed by atoms with van der Waals surface area (Å²) in [6.45, 7) is 4.68. The molecule has 0 saturated heterocycles. The van der Waals surface area contributed by atoms with E-state index in [1.807, 2.05) is 13.0 Å². The van der Waals surface area contributed by atoms with Gasteiger partial charge in [0.15, 0.2) is 0 Å². The van der Waals surface area contributed by atoms with Gasteiger partial charge in [-0.3, -0.25) is 0 Å². The average molecular weight is 237 g/mol. The number of carbonyl (C=O) groups is 1. The predicted octanol–water partition coefficient (Wildman–Crippen LogP) is 2.53. The minimum Gasteiger partial charge on any atom is -0.478 e. The summed E-state index contributed by atoms with van der Waals surface area (Å²) in [5, 5.41) is 12.2. The maximum Gasteiger partial charge on any atom is 0.335 e. The van der Waals surface area contributed by atoms with Crippen LogP contribution in [-0.2, 0) is 4.74 Å².